The summed E-state index contributed by atoms with van der Waals surface area (Å²) in [6.45, 7) is 2.66. The molecule has 4 heteroatoms. The molecule has 0 radical (unpaired) electrons. The van der Waals surface area contributed by atoms with Crippen LogP contribution in [0.1, 0.15) is 19.2 Å². The van der Waals surface area contributed by atoms with Gasteiger partial charge in [-0.15, -0.1) is 0 Å². The Morgan fingerprint density at radius 1 is 1.82 bits per heavy atom. The van der Waals surface area contributed by atoms with Crippen LogP contribution in [0.4, 0.5) is 0 Å². The second-order valence-electron chi connectivity index (χ2n) is 3.10. The van der Waals surface area contributed by atoms with Crippen molar-refractivity contribution in [3.63, 3.8) is 0 Å². The van der Waals surface area contributed by atoms with Gasteiger partial charge in [0.2, 0.25) is 0 Å². The van der Waals surface area contributed by atoms with Crippen LogP contribution >= 0.6 is 15.9 Å². The highest BCUT2D eigenvalue weighted by molar-refractivity contribution is 9.10. The summed E-state index contributed by atoms with van der Waals surface area (Å²) in [7, 11) is 0. The van der Waals surface area contributed by atoms with Gasteiger partial charge in [-0.3, -0.25) is 0 Å². The molecule has 0 saturated carbocycles. The summed E-state index contributed by atoms with van der Waals surface area (Å²) in [6.07, 6.45) is 2.67. The second kappa shape index (κ2) is 2.08. The monoisotopic (exact) mass is 216 g/mol. The van der Waals surface area contributed by atoms with E-state index in [0.29, 0.717) is 0 Å². The van der Waals surface area contributed by atoms with Crippen molar-refractivity contribution in [3.8, 4) is 0 Å². The zero-order valence-electron chi connectivity index (χ0n) is 6.21. The Balaban J connectivity index is 2.54. The number of hydrogen-bond acceptors (Lipinski definition) is 2. The van der Waals surface area contributed by atoms with Crippen LogP contribution in [0.2, 0.25) is 0 Å². The predicted molar refractivity (Wildman–Crippen MR) is 44.1 cm³/mol. The van der Waals surface area contributed by atoms with E-state index in [2.05, 4.69) is 20.9 Å². The van der Waals surface area contributed by atoms with E-state index in [1.54, 1.807) is 6.92 Å². The molecule has 0 saturated heterocycles. The smallest absolute Gasteiger partial charge is 0.141 e. The van der Waals surface area contributed by atoms with E-state index < -0.39 is 5.60 Å². The molecular formula is C7H9BrN2O. The molecule has 0 amide bonds. The van der Waals surface area contributed by atoms with Crippen LogP contribution < -0.4 is 0 Å². The number of hydrogen-bond donors (Lipinski definition) is 1. The minimum Gasteiger partial charge on any atom is -0.382 e. The fourth-order valence-corrected chi connectivity index (χ4v) is 1.85. The molecule has 2 heterocycles. The van der Waals surface area contributed by atoms with E-state index in [0.717, 1.165) is 23.4 Å². The minimum atomic E-state index is -0.730. The summed E-state index contributed by atoms with van der Waals surface area (Å²) < 4.78 is 2.77. The molecule has 1 aliphatic heterocycles. The number of halogens is 1. The van der Waals surface area contributed by atoms with Gasteiger partial charge >= 0.3 is 0 Å². The van der Waals surface area contributed by atoms with Crippen molar-refractivity contribution >= 4 is 15.9 Å². The number of fused-ring (bicyclic) bond motifs is 1. The molecule has 0 aromatic carbocycles. The fraction of sp³-hybridized carbons (Fsp3) is 0.571. The van der Waals surface area contributed by atoms with Crippen LogP contribution in [0, 0.1) is 0 Å². The second-order valence-corrected chi connectivity index (χ2v) is 3.92. The van der Waals surface area contributed by atoms with Gasteiger partial charge in [-0.25, -0.2) is 4.98 Å². The summed E-state index contributed by atoms with van der Waals surface area (Å²) in [4.78, 5) is 4.17. The maximum absolute atomic E-state index is 9.76. The Morgan fingerprint density at radius 3 is 3.18 bits per heavy atom. The van der Waals surface area contributed by atoms with E-state index in [9.17, 15) is 5.11 Å². The molecule has 0 fully saturated rings. The van der Waals surface area contributed by atoms with Gasteiger partial charge in [0.05, 0.1) is 0 Å². The molecule has 2 rings (SSSR count). The quantitative estimate of drug-likeness (QED) is 0.710. The fourth-order valence-electron chi connectivity index (χ4n) is 1.43. The Kier molecular flexibility index (Phi) is 1.38. The van der Waals surface area contributed by atoms with Gasteiger partial charge in [-0.05, 0) is 22.9 Å². The minimum absolute atomic E-state index is 0.730. The van der Waals surface area contributed by atoms with Crippen LogP contribution in [0.25, 0.3) is 0 Å². The molecule has 1 N–H and O–H groups in total. The van der Waals surface area contributed by atoms with E-state index in [1.165, 1.54) is 0 Å². The molecular weight excluding hydrogens is 208 g/mol. The summed E-state index contributed by atoms with van der Waals surface area (Å²) >= 11 is 3.27. The molecule has 1 aliphatic rings. The molecule has 0 aliphatic carbocycles. The van der Waals surface area contributed by atoms with E-state index in [-0.39, 0.29) is 0 Å². The maximum Gasteiger partial charge on any atom is 0.141 e. The summed E-state index contributed by atoms with van der Waals surface area (Å²) in [5, 5.41) is 9.76. The van der Waals surface area contributed by atoms with Crippen molar-refractivity contribution < 1.29 is 5.11 Å². The molecule has 0 spiro atoms. The number of rotatable bonds is 0. The standard InChI is InChI=1S/C7H9BrN2O/c1-7(11)2-3-10-4-5(8)9-6(7)10/h4,11H,2-3H2,1H3/t7-/m0/s1. The van der Waals surface area contributed by atoms with Crippen molar-refractivity contribution in [1.82, 2.24) is 9.55 Å². The van der Waals surface area contributed by atoms with Gasteiger partial charge in [0.1, 0.15) is 16.0 Å². The van der Waals surface area contributed by atoms with E-state index in [4.69, 9.17) is 0 Å². The number of aliphatic hydroxyl groups is 1. The topological polar surface area (TPSA) is 38.0 Å². The van der Waals surface area contributed by atoms with Crippen LogP contribution in [0.3, 0.4) is 0 Å². The highest BCUT2D eigenvalue weighted by atomic mass is 79.9. The summed E-state index contributed by atoms with van der Waals surface area (Å²) in [5.41, 5.74) is -0.730. The molecule has 1 atom stereocenters. The number of aromatic nitrogens is 2. The third kappa shape index (κ3) is 1.01. The molecule has 0 bridgehead atoms. The average Bonchev–Trinajstić information content (AvgIpc) is 2.35. The van der Waals surface area contributed by atoms with Crippen LogP contribution in [-0.2, 0) is 12.1 Å². The summed E-state index contributed by atoms with van der Waals surface area (Å²) in [6, 6.07) is 0. The molecule has 11 heavy (non-hydrogen) atoms. The zero-order chi connectivity index (χ0) is 8.06. The number of nitrogens with zero attached hydrogens (tertiary/aromatic N) is 2. The third-order valence-electron chi connectivity index (χ3n) is 2.07. The normalized spacial score (nSPS) is 29.0. The Labute approximate surface area is 73.2 Å². The van der Waals surface area contributed by atoms with Crippen molar-refractivity contribution in [3.05, 3.63) is 16.6 Å². The first-order valence-corrected chi connectivity index (χ1v) is 4.34. The van der Waals surface area contributed by atoms with Crippen LogP contribution in [0.5, 0.6) is 0 Å². The first-order valence-electron chi connectivity index (χ1n) is 3.55. The number of imidazole rings is 1. The molecule has 1 aromatic rings. The molecule has 60 valence electrons. The van der Waals surface area contributed by atoms with Gasteiger partial charge in [-0.2, -0.15) is 0 Å². The van der Waals surface area contributed by atoms with Crippen molar-refractivity contribution in [2.45, 2.75) is 25.5 Å². The van der Waals surface area contributed by atoms with Gasteiger partial charge in [0.25, 0.3) is 0 Å². The lowest BCUT2D eigenvalue weighted by atomic mass is 10.1. The van der Waals surface area contributed by atoms with Crippen molar-refractivity contribution in [2.75, 3.05) is 0 Å². The Bertz CT molecular complexity index is 293. The third-order valence-corrected chi connectivity index (χ3v) is 2.45. The van der Waals surface area contributed by atoms with Gasteiger partial charge < -0.3 is 9.67 Å². The highest BCUT2D eigenvalue weighted by Crippen LogP contribution is 2.31. The first kappa shape index (κ1) is 7.31. The SMILES string of the molecule is C[C@]1(O)CCn2cc(Br)nc21. The first-order chi connectivity index (χ1) is 5.09. The molecule has 0 unspecified atom stereocenters. The van der Waals surface area contributed by atoms with Crippen molar-refractivity contribution in [1.29, 1.82) is 0 Å². The molecule has 1 aromatic heterocycles. The lowest BCUT2D eigenvalue weighted by molar-refractivity contribution is 0.0550. The Morgan fingerprint density at radius 2 is 2.55 bits per heavy atom. The van der Waals surface area contributed by atoms with E-state index >= 15 is 0 Å². The highest BCUT2D eigenvalue weighted by Gasteiger charge is 2.34. The number of aryl methyl sites for hydroxylation is 1. The van der Waals surface area contributed by atoms with Crippen molar-refractivity contribution in [2.24, 2.45) is 0 Å². The summed E-state index contributed by atoms with van der Waals surface area (Å²) in [5.74, 6) is 0.768. The van der Waals surface area contributed by atoms with Crippen LogP contribution in [-0.4, -0.2) is 14.7 Å². The lowest BCUT2D eigenvalue weighted by Crippen LogP contribution is -2.17. The van der Waals surface area contributed by atoms with Gasteiger partial charge in [-0.1, -0.05) is 0 Å². The lowest BCUT2D eigenvalue weighted by Gasteiger charge is -2.12. The largest absolute Gasteiger partial charge is 0.382 e. The Hall–Kier alpha value is -0.350. The predicted octanol–water partition coefficient (Wildman–Crippen LogP) is 1.26. The van der Waals surface area contributed by atoms with Crippen LogP contribution in [0.15, 0.2) is 10.8 Å². The van der Waals surface area contributed by atoms with E-state index in [1.807, 2.05) is 10.8 Å². The van der Waals surface area contributed by atoms with Gasteiger partial charge in [0, 0.05) is 19.2 Å². The zero-order valence-corrected chi connectivity index (χ0v) is 7.80. The van der Waals surface area contributed by atoms with Gasteiger partial charge in [0.15, 0.2) is 0 Å². The maximum atomic E-state index is 9.76. The average molecular weight is 217 g/mol. The molecule has 3 nitrogen and oxygen atoms in total.